The number of fused-ring (bicyclic) bond motifs is 2. The van der Waals surface area contributed by atoms with Crippen molar-refractivity contribution >= 4 is 40.1 Å². The Labute approximate surface area is 187 Å². The van der Waals surface area contributed by atoms with Gasteiger partial charge in [0.15, 0.2) is 5.58 Å². The maximum Gasteiger partial charge on any atom is 0.417 e. The van der Waals surface area contributed by atoms with Gasteiger partial charge in [-0.3, -0.25) is 9.78 Å². The van der Waals surface area contributed by atoms with E-state index in [2.05, 4.69) is 15.6 Å². The number of aromatic amines is 1. The molecule has 0 unspecified atom stereocenters. The number of hydrogen-bond acceptors (Lipinski definition) is 4. The maximum absolute atomic E-state index is 13.9. The standard InChI is InChI=1S/C24H19FN4O4/c25-16-6-1-2-7-18(16)27-23(31)26-17-8-3-9-20-15(17)5-4-12-29(20)22(30)14-10-11-21-19(13-14)28-24(32)33-21/h1-3,6-11,13H,4-5,12H2,(H,28,32)(H2,26,27,31). The molecule has 1 aromatic heterocycles. The van der Waals surface area contributed by atoms with Gasteiger partial charge in [-0.15, -0.1) is 0 Å². The number of oxazole rings is 1. The number of carbonyl (C=O) groups excluding carboxylic acids is 2. The highest BCUT2D eigenvalue weighted by Crippen LogP contribution is 2.34. The number of amides is 3. The van der Waals surface area contributed by atoms with Crippen LogP contribution >= 0.6 is 0 Å². The van der Waals surface area contributed by atoms with Gasteiger partial charge >= 0.3 is 11.8 Å². The molecule has 33 heavy (non-hydrogen) atoms. The van der Waals surface area contributed by atoms with Crippen LogP contribution in [0.15, 0.2) is 69.9 Å². The summed E-state index contributed by atoms with van der Waals surface area (Å²) in [5, 5.41) is 5.27. The van der Waals surface area contributed by atoms with Crippen LogP contribution < -0.4 is 21.3 Å². The minimum Gasteiger partial charge on any atom is -0.408 e. The van der Waals surface area contributed by atoms with Gasteiger partial charge in [0.25, 0.3) is 5.91 Å². The number of aromatic nitrogens is 1. The molecular weight excluding hydrogens is 427 g/mol. The smallest absolute Gasteiger partial charge is 0.408 e. The third kappa shape index (κ3) is 3.96. The van der Waals surface area contributed by atoms with Gasteiger partial charge in [0, 0.05) is 23.5 Å². The molecule has 4 aromatic rings. The summed E-state index contributed by atoms with van der Waals surface area (Å²) >= 11 is 0. The van der Waals surface area contributed by atoms with Crippen molar-refractivity contribution in [2.75, 3.05) is 22.1 Å². The average molecular weight is 446 g/mol. The van der Waals surface area contributed by atoms with Crippen LogP contribution in [0, 0.1) is 5.82 Å². The van der Waals surface area contributed by atoms with E-state index in [1.54, 1.807) is 47.4 Å². The number of hydrogen-bond donors (Lipinski definition) is 3. The minimum absolute atomic E-state index is 0.0734. The number of H-pyrrole nitrogens is 1. The molecule has 0 aliphatic carbocycles. The van der Waals surface area contributed by atoms with Crippen molar-refractivity contribution in [3.63, 3.8) is 0 Å². The number of anilines is 3. The molecule has 0 radical (unpaired) electrons. The monoisotopic (exact) mass is 446 g/mol. The second-order valence-corrected chi connectivity index (χ2v) is 7.65. The lowest BCUT2D eigenvalue weighted by Gasteiger charge is -2.31. The molecule has 166 valence electrons. The van der Waals surface area contributed by atoms with E-state index in [-0.39, 0.29) is 11.6 Å². The summed E-state index contributed by atoms with van der Waals surface area (Å²) in [6.45, 7) is 0.511. The van der Waals surface area contributed by atoms with Gasteiger partial charge < -0.3 is 20.0 Å². The number of rotatable bonds is 3. The molecule has 3 aromatic carbocycles. The molecule has 3 N–H and O–H groups in total. The fourth-order valence-electron chi connectivity index (χ4n) is 4.03. The topological polar surface area (TPSA) is 107 Å². The van der Waals surface area contributed by atoms with Crippen LogP contribution in [-0.4, -0.2) is 23.5 Å². The van der Waals surface area contributed by atoms with Crippen molar-refractivity contribution < 1.29 is 18.4 Å². The molecule has 1 aliphatic rings. The van der Waals surface area contributed by atoms with Gasteiger partial charge in [-0.1, -0.05) is 18.2 Å². The van der Waals surface area contributed by atoms with Gasteiger partial charge in [-0.25, -0.2) is 14.0 Å². The summed E-state index contributed by atoms with van der Waals surface area (Å²) in [6, 6.07) is 15.4. The quantitative estimate of drug-likeness (QED) is 0.431. The molecule has 2 heterocycles. The zero-order valence-electron chi connectivity index (χ0n) is 17.4. The van der Waals surface area contributed by atoms with E-state index < -0.39 is 17.6 Å². The van der Waals surface area contributed by atoms with E-state index in [0.29, 0.717) is 47.4 Å². The second kappa shape index (κ2) is 8.27. The second-order valence-electron chi connectivity index (χ2n) is 7.65. The molecule has 3 amide bonds. The molecule has 0 saturated carbocycles. The first kappa shape index (κ1) is 20.5. The Morgan fingerprint density at radius 1 is 1.00 bits per heavy atom. The van der Waals surface area contributed by atoms with Crippen molar-refractivity contribution in [3.05, 3.63) is 88.2 Å². The zero-order valence-corrected chi connectivity index (χ0v) is 17.4. The predicted molar refractivity (Wildman–Crippen MR) is 122 cm³/mol. The van der Waals surface area contributed by atoms with Crippen LogP contribution in [0.4, 0.5) is 26.2 Å². The Kier molecular flexibility index (Phi) is 5.14. The zero-order chi connectivity index (χ0) is 22.9. The molecule has 0 bridgehead atoms. The van der Waals surface area contributed by atoms with Crippen LogP contribution in [0.3, 0.4) is 0 Å². The average Bonchev–Trinajstić information content (AvgIpc) is 3.19. The Morgan fingerprint density at radius 2 is 1.79 bits per heavy atom. The van der Waals surface area contributed by atoms with Crippen LogP contribution in [-0.2, 0) is 6.42 Å². The van der Waals surface area contributed by atoms with Crippen LogP contribution in [0.2, 0.25) is 0 Å². The first-order valence-electron chi connectivity index (χ1n) is 10.4. The molecule has 9 heteroatoms. The molecule has 0 spiro atoms. The van der Waals surface area contributed by atoms with E-state index in [1.165, 1.54) is 12.1 Å². The number of carbonyl (C=O) groups is 2. The van der Waals surface area contributed by atoms with E-state index in [4.69, 9.17) is 4.42 Å². The summed E-state index contributed by atoms with van der Waals surface area (Å²) in [5.74, 6) is -1.34. The highest BCUT2D eigenvalue weighted by molar-refractivity contribution is 6.09. The predicted octanol–water partition coefficient (Wildman–Crippen LogP) is 4.50. The Morgan fingerprint density at radius 3 is 2.64 bits per heavy atom. The lowest BCUT2D eigenvalue weighted by Crippen LogP contribution is -2.36. The van der Waals surface area contributed by atoms with E-state index in [1.807, 2.05) is 6.07 Å². The number of nitrogens with zero attached hydrogens (tertiary/aromatic N) is 1. The number of urea groups is 1. The summed E-state index contributed by atoms with van der Waals surface area (Å²) in [4.78, 5) is 41.4. The minimum atomic E-state index is -0.581. The molecule has 1 aliphatic heterocycles. The van der Waals surface area contributed by atoms with Crippen molar-refractivity contribution in [1.29, 1.82) is 0 Å². The fourth-order valence-corrected chi connectivity index (χ4v) is 4.03. The van der Waals surface area contributed by atoms with Gasteiger partial charge in [-0.05, 0) is 60.9 Å². The summed E-state index contributed by atoms with van der Waals surface area (Å²) in [5.41, 5.74) is 3.36. The first-order valence-corrected chi connectivity index (χ1v) is 10.4. The van der Waals surface area contributed by atoms with Gasteiger partial charge in [0.05, 0.1) is 11.2 Å². The van der Waals surface area contributed by atoms with Crippen molar-refractivity contribution in [3.8, 4) is 0 Å². The molecule has 0 fully saturated rings. The largest absolute Gasteiger partial charge is 0.417 e. The van der Waals surface area contributed by atoms with Crippen molar-refractivity contribution in [1.82, 2.24) is 4.98 Å². The lowest BCUT2D eigenvalue weighted by atomic mass is 9.98. The molecule has 5 rings (SSSR count). The Hall–Kier alpha value is -4.40. The number of nitrogens with one attached hydrogen (secondary N) is 3. The number of para-hydroxylation sites is 1. The molecule has 0 atom stereocenters. The van der Waals surface area contributed by atoms with Crippen LogP contribution in [0.5, 0.6) is 0 Å². The normalized spacial score (nSPS) is 12.9. The molecular formula is C24H19FN4O4. The SMILES string of the molecule is O=C(Nc1ccccc1F)Nc1cccc2c1CCCN2C(=O)c1ccc2oc(=O)[nH]c2c1. The lowest BCUT2D eigenvalue weighted by molar-refractivity contribution is 0.0985. The fraction of sp³-hybridized carbons (Fsp3) is 0.125. The van der Waals surface area contributed by atoms with Gasteiger partial charge in [0.2, 0.25) is 0 Å². The van der Waals surface area contributed by atoms with Crippen LogP contribution in [0.25, 0.3) is 11.1 Å². The van der Waals surface area contributed by atoms with E-state index in [9.17, 15) is 18.8 Å². The number of benzene rings is 3. The summed E-state index contributed by atoms with van der Waals surface area (Å²) in [7, 11) is 0. The maximum atomic E-state index is 13.9. The number of halogens is 1. The molecule has 8 nitrogen and oxygen atoms in total. The van der Waals surface area contributed by atoms with E-state index in [0.717, 1.165) is 5.56 Å². The molecule has 0 saturated heterocycles. The van der Waals surface area contributed by atoms with Gasteiger partial charge in [0.1, 0.15) is 5.82 Å². The highest BCUT2D eigenvalue weighted by atomic mass is 19.1. The third-order valence-corrected chi connectivity index (χ3v) is 5.53. The van der Waals surface area contributed by atoms with E-state index >= 15 is 0 Å². The third-order valence-electron chi connectivity index (χ3n) is 5.53. The van der Waals surface area contributed by atoms with Gasteiger partial charge in [-0.2, -0.15) is 0 Å². The Balaban J connectivity index is 1.41. The van der Waals surface area contributed by atoms with Crippen molar-refractivity contribution in [2.24, 2.45) is 0 Å². The summed E-state index contributed by atoms with van der Waals surface area (Å²) < 4.78 is 18.9. The summed E-state index contributed by atoms with van der Waals surface area (Å²) in [6.07, 6.45) is 1.38. The Bertz CT molecular complexity index is 1440. The first-order chi connectivity index (χ1) is 16.0. The van der Waals surface area contributed by atoms with Crippen molar-refractivity contribution in [2.45, 2.75) is 12.8 Å². The highest BCUT2D eigenvalue weighted by Gasteiger charge is 2.26. The van der Waals surface area contributed by atoms with Crippen LogP contribution in [0.1, 0.15) is 22.3 Å².